The molecule has 0 saturated carbocycles. The first-order chi connectivity index (χ1) is 8.56. The Morgan fingerprint density at radius 3 is 2.72 bits per heavy atom. The molecule has 18 heavy (non-hydrogen) atoms. The van der Waals surface area contributed by atoms with E-state index >= 15 is 0 Å². The first kappa shape index (κ1) is 12.7. The fourth-order valence-corrected chi connectivity index (χ4v) is 1.98. The van der Waals surface area contributed by atoms with E-state index in [9.17, 15) is 4.79 Å². The van der Waals surface area contributed by atoms with Gasteiger partial charge in [-0.05, 0) is 53.5 Å². The smallest absolute Gasteiger partial charge is 0.256 e. The Bertz CT molecular complexity index is 599. The number of hydrogen-bond donors (Lipinski definition) is 1. The molecule has 0 bridgehead atoms. The summed E-state index contributed by atoms with van der Waals surface area (Å²) in [6.45, 7) is 3.74. The molecule has 0 unspecified atom stereocenters. The standard InChI is InChI=1S/C13H12BrN3O/c1-8-5-11(14)7-16-12(8)17-13(18)10-3-4-15-9(2)6-10/h3-7H,1-2H3,(H,16,17,18). The van der Waals surface area contributed by atoms with Gasteiger partial charge in [0.1, 0.15) is 5.82 Å². The Balaban J connectivity index is 2.21. The Morgan fingerprint density at radius 2 is 2.06 bits per heavy atom. The first-order valence-corrected chi connectivity index (χ1v) is 6.22. The number of halogens is 1. The normalized spacial score (nSPS) is 10.2. The molecule has 0 aliphatic rings. The predicted octanol–water partition coefficient (Wildman–Crippen LogP) is 3.11. The van der Waals surface area contributed by atoms with Gasteiger partial charge in [-0.15, -0.1) is 0 Å². The fourth-order valence-electron chi connectivity index (χ4n) is 1.54. The fraction of sp³-hybridized carbons (Fsp3) is 0.154. The minimum atomic E-state index is -0.182. The third-order valence-corrected chi connectivity index (χ3v) is 2.87. The van der Waals surface area contributed by atoms with Crippen LogP contribution < -0.4 is 5.32 Å². The molecule has 0 radical (unpaired) electrons. The van der Waals surface area contributed by atoms with Gasteiger partial charge in [-0.3, -0.25) is 9.78 Å². The molecular weight excluding hydrogens is 294 g/mol. The Labute approximate surface area is 114 Å². The minimum Gasteiger partial charge on any atom is -0.306 e. The maximum atomic E-state index is 12.0. The van der Waals surface area contributed by atoms with Crippen LogP contribution in [0.15, 0.2) is 35.1 Å². The summed E-state index contributed by atoms with van der Waals surface area (Å²) in [5, 5.41) is 2.78. The largest absolute Gasteiger partial charge is 0.306 e. The third-order valence-electron chi connectivity index (χ3n) is 2.44. The van der Waals surface area contributed by atoms with Gasteiger partial charge in [0.25, 0.3) is 5.91 Å². The van der Waals surface area contributed by atoms with Gasteiger partial charge in [0.15, 0.2) is 0 Å². The molecule has 1 N–H and O–H groups in total. The molecule has 2 rings (SSSR count). The number of nitrogens with zero attached hydrogens (tertiary/aromatic N) is 2. The number of hydrogen-bond acceptors (Lipinski definition) is 3. The second-order valence-electron chi connectivity index (χ2n) is 3.96. The lowest BCUT2D eigenvalue weighted by molar-refractivity contribution is 0.102. The second kappa shape index (κ2) is 5.27. The van der Waals surface area contributed by atoms with E-state index in [0.29, 0.717) is 11.4 Å². The molecule has 0 atom stereocenters. The summed E-state index contributed by atoms with van der Waals surface area (Å²) in [4.78, 5) is 20.2. The van der Waals surface area contributed by atoms with Crippen LogP contribution in [-0.2, 0) is 0 Å². The number of aromatic nitrogens is 2. The van der Waals surface area contributed by atoms with Crippen molar-refractivity contribution in [3.05, 3.63) is 51.9 Å². The van der Waals surface area contributed by atoms with E-state index in [1.807, 2.05) is 19.9 Å². The van der Waals surface area contributed by atoms with Crippen LogP contribution in [-0.4, -0.2) is 15.9 Å². The van der Waals surface area contributed by atoms with E-state index in [4.69, 9.17) is 0 Å². The van der Waals surface area contributed by atoms with Crippen LogP contribution in [0.2, 0.25) is 0 Å². The summed E-state index contributed by atoms with van der Waals surface area (Å²) in [7, 11) is 0. The molecule has 92 valence electrons. The monoisotopic (exact) mass is 305 g/mol. The van der Waals surface area contributed by atoms with Crippen LogP contribution in [0.5, 0.6) is 0 Å². The van der Waals surface area contributed by atoms with Crippen molar-refractivity contribution in [2.24, 2.45) is 0 Å². The highest BCUT2D eigenvalue weighted by Gasteiger charge is 2.09. The zero-order valence-corrected chi connectivity index (χ0v) is 11.7. The summed E-state index contributed by atoms with van der Waals surface area (Å²) in [5.74, 6) is 0.385. The summed E-state index contributed by atoms with van der Waals surface area (Å²) in [6, 6.07) is 5.32. The van der Waals surface area contributed by atoms with Crippen molar-refractivity contribution in [3.63, 3.8) is 0 Å². The highest BCUT2D eigenvalue weighted by atomic mass is 79.9. The van der Waals surface area contributed by atoms with Crippen molar-refractivity contribution < 1.29 is 4.79 Å². The number of rotatable bonds is 2. The van der Waals surface area contributed by atoms with Crippen molar-refractivity contribution in [2.45, 2.75) is 13.8 Å². The minimum absolute atomic E-state index is 0.182. The maximum absolute atomic E-state index is 12.0. The van der Waals surface area contributed by atoms with Gasteiger partial charge in [0.2, 0.25) is 0 Å². The van der Waals surface area contributed by atoms with Crippen molar-refractivity contribution >= 4 is 27.7 Å². The van der Waals surface area contributed by atoms with Crippen LogP contribution in [0.4, 0.5) is 5.82 Å². The highest BCUT2D eigenvalue weighted by Crippen LogP contribution is 2.17. The molecule has 0 aromatic carbocycles. The molecule has 2 heterocycles. The van der Waals surface area contributed by atoms with Crippen LogP contribution in [0.25, 0.3) is 0 Å². The number of pyridine rings is 2. The van der Waals surface area contributed by atoms with Gasteiger partial charge >= 0.3 is 0 Å². The molecule has 2 aromatic heterocycles. The van der Waals surface area contributed by atoms with Gasteiger partial charge in [-0.2, -0.15) is 0 Å². The second-order valence-corrected chi connectivity index (χ2v) is 4.87. The van der Waals surface area contributed by atoms with Gasteiger partial charge < -0.3 is 5.32 Å². The van der Waals surface area contributed by atoms with Gasteiger partial charge in [0, 0.05) is 28.1 Å². The predicted molar refractivity (Wildman–Crippen MR) is 73.6 cm³/mol. The number of aryl methyl sites for hydroxylation is 2. The molecule has 0 saturated heterocycles. The van der Waals surface area contributed by atoms with Crippen LogP contribution >= 0.6 is 15.9 Å². The van der Waals surface area contributed by atoms with Crippen LogP contribution in [0, 0.1) is 13.8 Å². The van der Waals surface area contributed by atoms with Gasteiger partial charge in [-0.25, -0.2) is 4.98 Å². The van der Waals surface area contributed by atoms with Gasteiger partial charge in [-0.1, -0.05) is 0 Å². The van der Waals surface area contributed by atoms with E-state index in [0.717, 1.165) is 15.7 Å². The molecule has 0 spiro atoms. The number of amides is 1. The molecule has 0 fully saturated rings. The quantitative estimate of drug-likeness (QED) is 0.927. The van der Waals surface area contributed by atoms with Crippen molar-refractivity contribution in [1.29, 1.82) is 0 Å². The van der Waals surface area contributed by atoms with Crippen molar-refractivity contribution in [1.82, 2.24) is 9.97 Å². The lowest BCUT2D eigenvalue weighted by atomic mass is 10.2. The molecule has 1 amide bonds. The molecule has 4 nitrogen and oxygen atoms in total. The summed E-state index contributed by atoms with van der Waals surface area (Å²) < 4.78 is 0.887. The number of carbonyl (C=O) groups excluding carboxylic acids is 1. The number of anilines is 1. The van der Waals surface area contributed by atoms with Crippen molar-refractivity contribution in [2.75, 3.05) is 5.32 Å². The molecular formula is C13H12BrN3O. The van der Waals surface area contributed by atoms with E-state index in [2.05, 4.69) is 31.2 Å². The summed E-state index contributed by atoms with van der Waals surface area (Å²) in [6.07, 6.45) is 3.27. The third kappa shape index (κ3) is 2.92. The first-order valence-electron chi connectivity index (χ1n) is 5.42. The average Bonchev–Trinajstić information content (AvgIpc) is 2.32. The van der Waals surface area contributed by atoms with E-state index in [1.54, 1.807) is 24.5 Å². The van der Waals surface area contributed by atoms with Crippen LogP contribution in [0.1, 0.15) is 21.6 Å². The van der Waals surface area contributed by atoms with E-state index in [1.165, 1.54) is 0 Å². The zero-order chi connectivity index (χ0) is 13.1. The molecule has 0 aliphatic carbocycles. The Morgan fingerprint density at radius 1 is 1.28 bits per heavy atom. The Hall–Kier alpha value is -1.75. The summed E-state index contributed by atoms with van der Waals surface area (Å²) in [5.41, 5.74) is 2.29. The SMILES string of the molecule is Cc1cc(C(=O)Nc2ncc(Br)cc2C)ccn1. The number of nitrogens with one attached hydrogen (secondary N) is 1. The van der Waals surface area contributed by atoms with Crippen LogP contribution in [0.3, 0.4) is 0 Å². The molecule has 5 heteroatoms. The zero-order valence-electron chi connectivity index (χ0n) is 10.1. The van der Waals surface area contributed by atoms with Crippen molar-refractivity contribution in [3.8, 4) is 0 Å². The molecule has 2 aromatic rings. The van der Waals surface area contributed by atoms with E-state index in [-0.39, 0.29) is 5.91 Å². The van der Waals surface area contributed by atoms with Gasteiger partial charge in [0.05, 0.1) is 0 Å². The summed E-state index contributed by atoms with van der Waals surface area (Å²) >= 11 is 3.33. The number of carbonyl (C=O) groups is 1. The Kier molecular flexibility index (Phi) is 3.72. The maximum Gasteiger partial charge on any atom is 0.256 e. The average molecular weight is 306 g/mol. The molecule has 0 aliphatic heterocycles. The highest BCUT2D eigenvalue weighted by molar-refractivity contribution is 9.10. The topological polar surface area (TPSA) is 54.9 Å². The van der Waals surface area contributed by atoms with E-state index < -0.39 is 0 Å². The lowest BCUT2D eigenvalue weighted by Crippen LogP contribution is -2.14. The lowest BCUT2D eigenvalue weighted by Gasteiger charge is -2.07.